The van der Waals surface area contributed by atoms with Gasteiger partial charge in [-0.15, -0.1) is 0 Å². The molecule has 8 heteroatoms. The van der Waals surface area contributed by atoms with Gasteiger partial charge in [0.15, 0.2) is 0 Å². The minimum atomic E-state index is 0.000209. The third-order valence-corrected chi connectivity index (χ3v) is 5.91. The molecule has 0 fully saturated rings. The first-order valence-electron chi connectivity index (χ1n) is 11.4. The van der Waals surface area contributed by atoms with Crippen molar-refractivity contribution < 1.29 is 9.59 Å². The average molecular weight is 439 g/mol. The van der Waals surface area contributed by atoms with Gasteiger partial charge in [-0.2, -0.15) is 0 Å². The Morgan fingerprint density at radius 1 is 0.969 bits per heavy atom. The van der Waals surface area contributed by atoms with Crippen molar-refractivity contribution in [2.45, 2.75) is 33.7 Å². The molecule has 0 aliphatic carbocycles. The second kappa shape index (κ2) is 11.6. The van der Waals surface area contributed by atoms with E-state index in [9.17, 15) is 9.59 Å². The number of carbonyl (C=O) groups excluding carboxylic acids is 2. The van der Waals surface area contributed by atoms with Gasteiger partial charge in [0.05, 0.1) is 6.54 Å². The maximum absolute atomic E-state index is 13.3. The van der Waals surface area contributed by atoms with Crippen LogP contribution < -0.4 is 9.80 Å². The smallest absolute Gasteiger partial charge is 0.237 e. The van der Waals surface area contributed by atoms with Crippen molar-refractivity contribution in [3.05, 3.63) is 48.3 Å². The first kappa shape index (κ1) is 23.7. The Morgan fingerprint density at radius 3 is 2.38 bits per heavy atom. The molecule has 2 amide bonds. The van der Waals surface area contributed by atoms with Crippen LogP contribution in [0, 0.1) is 0 Å². The van der Waals surface area contributed by atoms with Crippen LogP contribution in [0.15, 0.2) is 42.7 Å². The van der Waals surface area contributed by atoms with Crippen molar-refractivity contribution in [2.75, 3.05) is 55.6 Å². The molecule has 8 nitrogen and oxygen atoms in total. The number of nitrogens with zero attached hydrogens (tertiary/aromatic N) is 6. The lowest BCUT2D eigenvalue weighted by molar-refractivity contribution is -0.132. The van der Waals surface area contributed by atoms with Crippen LogP contribution in [0.1, 0.15) is 32.8 Å². The standard InChI is InChI=1S/C24H34N6O2/c1-4-27(5-2)19-23(32)29-17-16-28(24-25-12-8-13-26-24)14-9-15-30(20(3)31)22-11-7-6-10-21(22)18-29/h6-8,10-13H,4-5,9,14-19H2,1-3H3. The Balaban J connectivity index is 1.93. The highest BCUT2D eigenvalue weighted by Crippen LogP contribution is 2.24. The quantitative estimate of drug-likeness (QED) is 0.714. The summed E-state index contributed by atoms with van der Waals surface area (Å²) in [6, 6.07) is 9.69. The molecule has 0 unspecified atom stereocenters. The van der Waals surface area contributed by atoms with E-state index in [1.807, 2.05) is 34.1 Å². The lowest BCUT2D eigenvalue weighted by atomic mass is 10.1. The molecule has 0 spiro atoms. The van der Waals surface area contributed by atoms with Crippen LogP contribution in [0.3, 0.4) is 0 Å². The molecule has 0 N–H and O–H groups in total. The molecule has 172 valence electrons. The predicted molar refractivity (Wildman–Crippen MR) is 127 cm³/mol. The van der Waals surface area contributed by atoms with E-state index in [1.165, 1.54) is 0 Å². The molecule has 0 radical (unpaired) electrons. The molecule has 0 bridgehead atoms. The third-order valence-electron chi connectivity index (χ3n) is 5.91. The van der Waals surface area contributed by atoms with E-state index < -0.39 is 0 Å². The van der Waals surface area contributed by atoms with Crippen LogP contribution in [0.4, 0.5) is 11.6 Å². The van der Waals surface area contributed by atoms with Gasteiger partial charge in [-0.1, -0.05) is 32.0 Å². The summed E-state index contributed by atoms with van der Waals surface area (Å²) >= 11 is 0. The Morgan fingerprint density at radius 2 is 1.69 bits per heavy atom. The van der Waals surface area contributed by atoms with Crippen molar-refractivity contribution >= 4 is 23.5 Å². The summed E-state index contributed by atoms with van der Waals surface area (Å²) in [7, 11) is 0. The summed E-state index contributed by atoms with van der Waals surface area (Å²) in [5.74, 6) is 0.737. The van der Waals surface area contributed by atoms with Gasteiger partial charge in [-0.05, 0) is 37.2 Å². The summed E-state index contributed by atoms with van der Waals surface area (Å²) in [6.07, 6.45) is 4.24. The zero-order chi connectivity index (χ0) is 22.9. The fraction of sp³-hybridized carbons (Fsp3) is 0.500. The highest BCUT2D eigenvalue weighted by molar-refractivity contribution is 5.92. The number of carbonyl (C=O) groups is 2. The van der Waals surface area contributed by atoms with Gasteiger partial charge >= 0.3 is 0 Å². The minimum Gasteiger partial charge on any atom is -0.339 e. The average Bonchev–Trinajstić information content (AvgIpc) is 2.85. The van der Waals surface area contributed by atoms with Crippen molar-refractivity contribution in [3.63, 3.8) is 0 Å². The van der Waals surface area contributed by atoms with E-state index in [2.05, 4.69) is 33.6 Å². The molecule has 1 aromatic heterocycles. The molecular weight excluding hydrogens is 404 g/mol. The van der Waals surface area contributed by atoms with Gasteiger partial charge < -0.3 is 14.7 Å². The van der Waals surface area contributed by atoms with Crippen LogP contribution >= 0.6 is 0 Å². The molecule has 2 heterocycles. The van der Waals surface area contributed by atoms with Crippen molar-refractivity contribution in [3.8, 4) is 0 Å². The van der Waals surface area contributed by atoms with Gasteiger partial charge in [0.25, 0.3) is 0 Å². The van der Waals surface area contributed by atoms with E-state index in [1.54, 1.807) is 25.4 Å². The van der Waals surface area contributed by atoms with E-state index in [0.29, 0.717) is 45.2 Å². The Labute approximate surface area is 190 Å². The highest BCUT2D eigenvalue weighted by atomic mass is 16.2. The van der Waals surface area contributed by atoms with Gasteiger partial charge in [-0.3, -0.25) is 14.5 Å². The Hall–Kier alpha value is -3.00. The lowest BCUT2D eigenvalue weighted by Gasteiger charge is -2.30. The number of hydrogen-bond donors (Lipinski definition) is 0. The first-order chi connectivity index (χ1) is 15.5. The molecule has 3 rings (SSSR count). The van der Waals surface area contributed by atoms with E-state index in [4.69, 9.17) is 0 Å². The second-order valence-electron chi connectivity index (χ2n) is 7.97. The largest absolute Gasteiger partial charge is 0.339 e. The molecule has 2 aromatic rings. The number of rotatable bonds is 5. The van der Waals surface area contributed by atoms with Crippen molar-refractivity contribution in [1.82, 2.24) is 19.8 Å². The minimum absolute atomic E-state index is 0.000209. The number of aromatic nitrogens is 2. The molecule has 32 heavy (non-hydrogen) atoms. The maximum atomic E-state index is 13.3. The summed E-state index contributed by atoms with van der Waals surface area (Å²) in [5, 5.41) is 0. The Bertz CT molecular complexity index is 887. The van der Waals surface area contributed by atoms with E-state index in [0.717, 1.165) is 30.8 Å². The second-order valence-corrected chi connectivity index (χ2v) is 7.97. The normalized spacial score (nSPS) is 15.3. The number of fused-ring (bicyclic) bond motifs is 1. The predicted octanol–water partition coefficient (Wildman–Crippen LogP) is 2.41. The van der Waals surface area contributed by atoms with E-state index >= 15 is 0 Å². The van der Waals surface area contributed by atoms with Gasteiger partial charge in [0.1, 0.15) is 0 Å². The first-order valence-corrected chi connectivity index (χ1v) is 11.4. The highest BCUT2D eigenvalue weighted by Gasteiger charge is 2.23. The summed E-state index contributed by atoms with van der Waals surface area (Å²) in [6.45, 7) is 10.7. The monoisotopic (exact) mass is 438 g/mol. The molecule has 0 saturated carbocycles. The zero-order valence-electron chi connectivity index (χ0n) is 19.4. The Kier molecular flexibility index (Phi) is 8.56. The van der Waals surface area contributed by atoms with Gasteiger partial charge in [0, 0.05) is 57.7 Å². The molecule has 0 saturated heterocycles. The lowest BCUT2D eigenvalue weighted by Crippen LogP contribution is -2.44. The topological polar surface area (TPSA) is 72.9 Å². The fourth-order valence-corrected chi connectivity index (χ4v) is 4.02. The van der Waals surface area contributed by atoms with Crippen molar-refractivity contribution in [2.24, 2.45) is 0 Å². The molecule has 1 aliphatic heterocycles. The summed E-state index contributed by atoms with van der Waals surface area (Å²) < 4.78 is 0. The van der Waals surface area contributed by atoms with Crippen molar-refractivity contribution in [1.29, 1.82) is 0 Å². The fourth-order valence-electron chi connectivity index (χ4n) is 4.02. The molecular formula is C24H34N6O2. The summed E-state index contributed by atoms with van der Waals surface area (Å²) in [4.78, 5) is 42.6. The van der Waals surface area contributed by atoms with Crippen LogP contribution in [0.2, 0.25) is 0 Å². The third kappa shape index (κ3) is 6.03. The SMILES string of the molecule is CCN(CC)CC(=O)N1CCN(c2ncccn2)CCCN(C(C)=O)c2ccccc2C1. The number of likely N-dealkylation sites (N-methyl/N-ethyl adjacent to an activating group) is 1. The number of amides is 2. The summed E-state index contributed by atoms with van der Waals surface area (Å²) in [5.41, 5.74) is 1.87. The maximum Gasteiger partial charge on any atom is 0.237 e. The number of para-hydroxylation sites is 1. The molecule has 1 aromatic carbocycles. The van der Waals surface area contributed by atoms with Crippen LogP contribution in [-0.4, -0.2) is 77.4 Å². The molecule has 1 aliphatic rings. The zero-order valence-corrected chi connectivity index (χ0v) is 19.4. The number of benzene rings is 1. The molecule has 0 atom stereocenters. The van der Waals surface area contributed by atoms with Gasteiger partial charge in [-0.25, -0.2) is 9.97 Å². The van der Waals surface area contributed by atoms with Gasteiger partial charge in [0.2, 0.25) is 17.8 Å². The number of hydrogen-bond acceptors (Lipinski definition) is 6. The van der Waals surface area contributed by atoms with E-state index in [-0.39, 0.29) is 11.8 Å². The van der Waals surface area contributed by atoms with Crippen LogP contribution in [-0.2, 0) is 16.1 Å². The number of anilines is 2. The van der Waals surface area contributed by atoms with Crippen LogP contribution in [0.5, 0.6) is 0 Å². The van der Waals surface area contributed by atoms with Crippen LogP contribution in [0.25, 0.3) is 0 Å².